The Balaban J connectivity index is 1.92. The summed E-state index contributed by atoms with van der Waals surface area (Å²) in [5.74, 6) is -0.502. The predicted octanol–water partition coefficient (Wildman–Crippen LogP) is 4.23. The van der Waals surface area contributed by atoms with Crippen molar-refractivity contribution >= 4 is 29.4 Å². The number of nitrogens with zero attached hydrogens (tertiary/aromatic N) is 3. The zero-order chi connectivity index (χ0) is 22.2. The Hall–Kier alpha value is -3.26. The minimum absolute atomic E-state index is 0.305. The molecule has 162 valence electrons. The van der Waals surface area contributed by atoms with Crippen LogP contribution in [-0.2, 0) is 28.9 Å². The maximum atomic E-state index is 11.9. The van der Waals surface area contributed by atoms with Gasteiger partial charge in [0.1, 0.15) is 5.82 Å². The van der Waals surface area contributed by atoms with Gasteiger partial charge in [0, 0.05) is 29.5 Å². The van der Waals surface area contributed by atoms with Gasteiger partial charge in [-0.3, -0.25) is 4.98 Å². The van der Waals surface area contributed by atoms with Crippen molar-refractivity contribution in [2.45, 2.75) is 39.2 Å². The molecule has 3 rings (SSSR count). The van der Waals surface area contributed by atoms with Crippen LogP contribution in [0.25, 0.3) is 6.08 Å². The molecule has 0 aromatic carbocycles. The molecule has 0 saturated heterocycles. The van der Waals surface area contributed by atoms with Gasteiger partial charge in [0.05, 0.1) is 36.8 Å². The summed E-state index contributed by atoms with van der Waals surface area (Å²) in [6.45, 7) is 2.54. The van der Waals surface area contributed by atoms with Crippen LogP contribution in [-0.4, -0.2) is 38.7 Å². The van der Waals surface area contributed by atoms with E-state index in [0.29, 0.717) is 24.1 Å². The van der Waals surface area contributed by atoms with E-state index in [0.717, 1.165) is 41.4 Å². The monoisotopic (exact) mass is 439 g/mol. The van der Waals surface area contributed by atoms with Crippen LogP contribution in [0.3, 0.4) is 0 Å². The van der Waals surface area contributed by atoms with Crippen molar-refractivity contribution in [1.29, 1.82) is 0 Å². The predicted molar refractivity (Wildman–Crippen MR) is 119 cm³/mol. The number of aromatic nitrogens is 3. The number of esters is 1. The van der Waals surface area contributed by atoms with Gasteiger partial charge in [0.15, 0.2) is 0 Å². The zero-order valence-electron chi connectivity index (χ0n) is 17.6. The molecule has 3 heterocycles. The number of carbonyl (C=O) groups excluding carboxylic acids is 1. The molecule has 7 nitrogen and oxygen atoms in total. The molecular weight excluding hydrogens is 414 g/mol. The first-order valence-electron chi connectivity index (χ1n) is 10.1. The third kappa shape index (κ3) is 5.88. The summed E-state index contributed by atoms with van der Waals surface area (Å²) in [5.41, 5.74) is 2.15. The molecule has 0 fully saturated rings. The van der Waals surface area contributed by atoms with E-state index in [4.69, 9.17) is 4.74 Å². The largest absolute Gasteiger partial charge is 0.478 e. The number of aliphatic carboxylic acids is 1. The van der Waals surface area contributed by atoms with Gasteiger partial charge in [0.2, 0.25) is 0 Å². The van der Waals surface area contributed by atoms with E-state index in [1.54, 1.807) is 24.4 Å². The molecule has 0 saturated carbocycles. The van der Waals surface area contributed by atoms with Gasteiger partial charge >= 0.3 is 11.9 Å². The lowest BCUT2D eigenvalue weighted by atomic mass is 10.1. The minimum Gasteiger partial charge on any atom is -0.478 e. The van der Waals surface area contributed by atoms with Crippen molar-refractivity contribution in [3.8, 4) is 0 Å². The number of carbonyl (C=O) groups is 2. The summed E-state index contributed by atoms with van der Waals surface area (Å²) < 4.78 is 6.71. The second-order valence-electron chi connectivity index (χ2n) is 7.05. The van der Waals surface area contributed by atoms with Gasteiger partial charge < -0.3 is 14.4 Å². The number of ether oxygens (including phenoxy) is 1. The number of hydrogen-bond acceptors (Lipinski definition) is 6. The average Bonchev–Trinajstić information content (AvgIpc) is 3.42. The third-order valence-electron chi connectivity index (χ3n) is 4.83. The molecule has 0 amide bonds. The van der Waals surface area contributed by atoms with E-state index in [-0.39, 0.29) is 0 Å². The SMILES string of the molecule is CCCCc1ncc(/C=C(\Cc2cccs2)C(=O)O)n1Cc1ccc(C(=O)OC)cn1. The van der Waals surface area contributed by atoms with Crippen molar-refractivity contribution in [1.82, 2.24) is 14.5 Å². The number of carboxylic acid groups (broad SMARTS) is 1. The number of aryl methyl sites for hydroxylation is 1. The molecule has 0 aliphatic heterocycles. The summed E-state index contributed by atoms with van der Waals surface area (Å²) in [6, 6.07) is 7.29. The number of pyridine rings is 1. The number of hydrogen-bond donors (Lipinski definition) is 1. The Labute approximate surface area is 185 Å². The minimum atomic E-state index is -0.947. The Bertz CT molecular complexity index is 1050. The summed E-state index contributed by atoms with van der Waals surface area (Å²) in [5, 5.41) is 11.7. The van der Waals surface area contributed by atoms with E-state index in [9.17, 15) is 14.7 Å². The number of unbranched alkanes of at least 4 members (excludes halogenated alkanes) is 1. The van der Waals surface area contributed by atoms with Crippen LogP contribution < -0.4 is 0 Å². The lowest BCUT2D eigenvalue weighted by Crippen LogP contribution is -2.11. The van der Waals surface area contributed by atoms with Crippen molar-refractivity contribution < 1.29 is 19.4 Å². The van der Waals surface area contributed by atoms with Crippen LogP contribution in [0.4, 0.5) is 0 Å². The van der Waals surface area contributed by atoms with Crippen molar-refractivity contribution in [2.75, 3.05) is 7.11 Å². The van der Waals surface area contributed by atoms with Gasteiger partial charge in [-0.25, -0.2) is 14.6 Å². The molecule has 1 N–H and O–H groups in total. The molecule has 0 aliphatic carbocycles. The fraction of sp³-hybridized carbons (Fsp3) is 0.304. The lowest BCUT2D eigenvalue weighted by molar-refractivity contribution is -0.132. The van der Waals surface area contributed by atoms with Gasteiger partial charge in [-0.1, -0.05) is 19.4 Å². The molecule has 0 unspecified atom stereocenters. The summed E-state index contributed by atoms with van der Waals surface area (Å²) in [6.07, 6.45) is 8.04. The number of rotatable bonds is 10. The maximum absolute atomic E-state index is 11.9. The third-order valence-corrected chi connectivity index (χ3v) is 5.71. The highest BCUT2D eigenvalue weighted by Crippen LogP contribution is 2.19. The van der Waals surface area contributed by atoms with Crippen LogP contribution in [0.1, 0.15) is 52.2 Å². The van der Waals surface area contributed by atoms with Crippen LogP contribution in [0, 0.1) is 0 Å². The van der Waals surface area contributed by atoms with Crippen molar-refractivity contribution in [3.63, 3.8) is 0 Å². The number of methoxy groups -OCH3 is 1. The normalized spacial score (nSPS) is 11.5. The van der Waals surface area contributed by atoms with Crippen LogP contribution >= 0.6 is 11.3 Å². The van der Waals surface area contributed by atoms with Crippen LogP contribution in [0.2, 0.25) is 0 Å². The van der Waals surface area contributed by atoms with Crippen LogP contribution in [0.5, 0.6) is 0 Å². The Kier molecular flexibility index (Phi) is 7.72. The molecule has 0 bridgehead atoms. The molecule has 31 heavy (non-hydrogen) atoms. The van der Waals surface area contributed by atoms with E-state index >= 15 is 0 Å². The Morgan fingerprint density at radius 2 is 2.06 bits per heavy atom. The molecular formula is C23H25N3O4S. The summed E-state index contributed by atoms with van der Waals surface area (Å²) in [4.78, 5) is 33.4. The van der Waals surface area contributed by atoms with Crippen molar-refractivity contribution in [3.05, 3.63) is 75.3 Å². The summed E-state index contributed by atoms with van der Waals surface area (Å²) >= 11 is 1.53. The first kappa shape index (κ1) is 22.4. The Morgan fingerprint density at radius 1 is 1.23 bits per heavy atom. The second-order valence-corrected chi connectivity index (χ2v) is 8.08. The Morgan fingerprint density at radius 3 is 2.68 bits per heavy atom. The molecule has 0 atom stereocenters. The highest BCUT2D eigenvalue weighted by molar-refractivity contribution is 7.09. The van der Waals surface area contributed by atoms with E-state index in [1.807, 2.05) is 22.1 Å². The molecule has 3 aromatic heterocycles. The molecule has 3 aromatic rings. The van der Waals surface area contributed by atoms with E-state index < -0.39 is 11.9 Å². The van der Waals surface area contributed by atoms with Gasteiger partial charge in [-0.15, -0.1) is 11.3 Å². The molecule has 0 radical (unpaired) electrons. The van der Waals surface area contributed by atoms with Crippen LogP contribution in [0.15, 0.2) is 47.6 Å². The number of carboxylic acids is 1. The fourth-order valence-electron chi connectivity index (χ4n) is 3.15. The quantitative estimate of drug-likeness (QED) is 0.375. The molecule has 8 heteroatoms. The van der Waals surface area contributed by atoms with Gasteiger partial charge in [-0.2, -0.15) is 0 Å². The average molecular weight is 440 g/mol. The first-order valence-corrected chi connectivity index (χ1v) is 10.9. The van der Waals surface area contributed by atoms with Crippen molar-refractivity contribution in [2.24, 2.45) is 0 Å². The summed E-state index contributed by atoms with van der Waals surface area (Å²) in [7, 11) is 1.33. The second kappa shape index (κ2) is 10.7. The van der Waals surface area contributed by atoms with E-state index in [2.05, 4.69) is 16.9 Å². The first-order chi connectivity index (χ1) is 15.0. The molecule has 0 spiro atoms. The number of imidazole rings is 1. The van der Waals surface area contributed by atoms with Gasteiger partial charge in [0.25, 0.3) is 0 Å². The highest BCUT2D eigenvalue weighted by Gasteiger charge is 2.15. The number of thiophene rings is 1. The van der Waals surface area contributed by atoms with Gasteiger partial charge in [-0.05, 0) is 36.1 Å². The highest BCUT2D eigenvalue weighted by atomic mass is 32.1. The topological polar surface area (TPSA) is 94.3 Å². The zero-order valence-corrected chi connectivity index (χ0v) is 18.4. The maximum Gasteiger partial charge on any atom is 0.339 e. The lowest BCUT2D eigenvalue weighted by Gasteiger charge is -2.11. The van der Waals surface area contributed by atoms with E-state index in [1.165, 1.54) is 24.6 Å². The fourth-order valence-corrected chi connectivity index (χ4v) is 3.88. The smallest absolute Gasteiger partial charge is 0.339 e. The molecule has 0 aliphatic rings. The standard InChI is InChI=1S/C23H25N3O4S/c1-3-4-7-21-25-14-19(11-17(22(27)28)12-20-6-5-10-31-20)26(21)15-18-9-8-16(13-24-18)23(29)30-2/h5-6,8-11,13-14H,3-4,7,12,15H2,1-2H3,(H,27,28)/b17-11+.